The van der Waals surface area contributed by atoms with E-state index in [1.807, 2.05) is 6.92 Å². The Morgan fingerprint density at radius 2 is 2.25 bits per heavy atom. The van der Waals surface area contributed by atoms with Gasteiger partial charge in [-0.15, -0.1) is 0 Å². The minimum Gasteiger partial charge on any atom is -0.484 e. The number of hydrogen-bond acceptors (Lipinski definition) is 4. The third kappa shape index (κ3) is 2.53. The van der Waals surface area contributed by atoms with Crippen LogP contribution in [0.4, 0.5) is 4.39 Å². The standard InChI is InChI=1S/C17H18ClFN2O3/c1-10-4-14(21-24-10)16-7-17(8-16,9-16)20-15(22)6-23-11-2-3-12(18)13(19)5-11/h2-3,5,10H,4,6-9H2,1H3,(H,20,22)/t10-,16?,17?/m1/s1. The molecule has 4 aliphatic rings. The van der Waals surface area contributed by atoms with Crippen LogP contribution in [-0.2, 0) is 9.63 Å². The maximum atomic E-state index is 13.3. The molecule has 0 spiro atoms. The first kappa shape index (κ1) is 15.7. The van der Waals surface area contributed by atoms with Crippen LogP contribution in [0.2, 0.25) is 5.02 Å². The van der Waals surface area contributed by atoms with Crippen molar-refractivity contribution in [3.8, 4) is 5.75 Å². The van der Waals surface area contributed by atoms with Gasteiger partial charge in [-0.2, -0.15) is 0 Å². The zero-order valence-corrected chi connectivity index (χ0v) is 14.0. The lowest BCUT2D eigenvalue weighted by molar-refractivity contribution is -0.143. The van der Waals surface area contributed by atoms with Crippen LogP contribution in [0, 0.1) is 11.2 Å². The van der Waals surface area contributed by atoms with Crippen molar-refractivity contribution in [1.82, 2.24) is 5.32 Å². The lowest BCUT2D eigenvalue weighted by atomic mass is 9.37. The Kier molecular flexibility index (Phi) is 3.49. The molecule has 3 aliphatic carbocycles. The summed E-state index contributed by atoms with van der Waals surface area (Å²) >= 11 is 5.61. The Morgan fingerprint density at radius 3 is 2.88 bits per heavy atom. The van der Waals surface area contributed by atoms with E-state index in [9.17, 15) is 9.18 Å². The van der Waals surface area contributed by atoms with Gasteiger partial charge in [-0.25, -0.2) is 4.39 Å². The number of ether oxygens (including phenoxy) is 1. The van der Waals surface area contributed by atoms with Crippen molar-refractivity contribution in [3.63, 3.8) is 0 Å². The third-order valence-corrected chi connectivity index (χ3v) is 5.44. The third-order valence-electron chi connectivity index (χ3n) is 5.13. The molecule has 1 aliphatic heterocycles. The monoisotopic (exact) mass is 352 g/mol. The highest BCUT2D eigenvalue weighted by Gasteiger charge is 2.71. The average molecular weight is 353 g/mol. The van der Waals surface area contributed by atoms with Crippen LogP contribution in [0.3, 0.4) is 0 Å². The fourth-order valence-corrected chi connectivity index (χ4v) is 4.21. The van der Waals surface area contributed by atoms with Crippen molar-refractivity contribution in [1.29, 1.82) is 0 Å². The van der Waals surface area contributed by atoms with Crippen LogP contribution in [-0.4, -0.2) is 29.9 Å². The summed E-state index contributed by atoms with van der Waals surface area (Å²) in [6.45, 7) is 1.87. The number of amides is 1. The highest BCUT2D eigenvalue weighted by Crippen LogP contribution is 2.68. The summed E-state index contributed by atoms with van der Waals surface area (Å²) < 4.78 is 18.6. The Labute approximate surface area is 144 Å². The van der Waals surface area contributed by atoms with Crippen molar-refractivity contribution in [3.05, 3.63) is 29.0 Å². The van der Waals surface area contributed by atoms with E-state index < -0.39 is 5.82 Å². The van der Waals surface area contributed by atoms with E-state index in [1.54, 1.807) is 0 Å². The number of oxime groups is 1. The first-order valence-corrected chi connectivity index (χ1v) is 8.40. The molecule has 5 rings (SSSR count). The maximum Gasteiger partial charge on any atom is 0.258 e. The van der Waals surface area contributed by atoms with Crippen molar-refractivity contribution >= 4 is 23.2 Å². The van der Waals surface area contributed by atoms with Gasteiger partial charge >= 0.3 is 0 Å². The van der Waals surface area contributed by atoms with Crippen LogP contribution < -0.4 is 10.1 Å². The number of nitrogens with one attached hydrogen (secondary N) is 1. The average Bonchev–Trinajstić information content (AvgIpc) is 2.89. The number of nitrogens with zero attached hydrogens (tertiary/aromatic N) is 1. The zero-order valence-electron chi connectivity index (χ0n) is 13.3. The van der Waals surface area contributed by atoms with E-state index in [4.69, 9.17) is 21.2 Å². The Bertz CT molecular complexity index is 717. The second kappa shape index (κ2) is 5.34. The summed E-state index contributed by atoms with van der Waals surface area (Å²) in [6.07, 6.45) is 3.78. The van der Waals surface area contributed by atoms with Gasteiger partial charge in [-0.3, -0.25) is 4.79 Å². The van der Waals surface area contributed by atoms with Gasteiger partial charge in [0.05, 0.1) is 10.7 Å². The summed E-state index contributed by atoms with van der Waals surface area (Å²) in [7, 11) is 0. The van der Waals surface area contributed by atoms with Gasteiger partial charge in [0.2, 0.25) is 0 Å². The van der Waals surface area contributed by atoms with Crippen LogP contribution >= 0.6 is 11.6 Å². The van der Waals surface area contributed by atoms with Crippen molar-refractivity contribution < 1.29 is 18.8 Å². The molecule has 3 saturated carbocycles. The first-order valence-electron chi connectivity index (χ1n) is 8.02. The normalized spacial score (nSPS) is 33.0. The predicted octanol–water partition coefficient (Wildman–Crippen LogP) is 3.06. The molecule has 1 N–H and O–H groups in total. The number of hydrogen-bond donors (Lipinski definition) is 1. The molecule has 1 atom stereocenters. The van der Waals surface area contributed by atoms with E-state index in [1.165, 1.54) is 18.2 Å². The quantitative estimate of drug-likeness (QED) is 0.886. The lowest BCUT2D eigenvalue weighted by Gasteiger charge is -2.70. The van der Waals surface area contributed by atoms with Crippen molar-refractivity contribution in [2.75, 3.05) is 6.61 Å². The molecule has 1 aromatic rings. The predicted molar refractivity (Wildman–Crippen MR) is 86.7 cm³/mol. The molecule has 0 saturated heterocycles. The molecular formula is C17H18ClFN2O3. The largest absolute Gasteiger partial charge is 0.484 e. The van der Waals surface area contributed by atoms with Gasteiger partial charge in [0.25, 0.3) is 5.91 Å². The van der Waals surface area contributed by atoms with Crippen molar-refractivity contribution in [2.45, 2.75) is 44.2 Å². The molecule has 5 nitrogen and oxygen atoms in total. The zero-order chi connectivity index (χ0) is 16.9. The second-order valence-electron chi connectivity index (χ2n) is 7.16. The first-order chi connectivity index (χ1) is 11.4. The smallest absolute Gasteiger partial charge is 0.258 e. The topological polar surface area (TPSA) is 59.9 Å². The Hall–Kier alpha value is -1.82. The van der Waals surface area contributed by atoms with Crippen LogP contribution in [0.15, 0.2) is 23.4 Å². The van der Waals surface area contributed by atoms with Gasteiger partial charge < -0.3 is 14.9 Å². The van der Waals surface area contributed by atoms with Gasteiger partial charge in [0, 0.05) is 23.4 Å². The van der Waals surface area contributed by atoms with Gasteiger partial charge in [-0.05, 0) is 38.3 Å². The minimum absolute atomic E-state index is 0.0269. The lowest BCUT2D eigenvalue weighted by Crippen LogP contribution is -2.77. The summed E-state index contributed by atoms with van der Waals surface area (Å²) in [5, 5.41) is 7.24. The number of halogens is 2. The summed E-state index contributed by atoms with van der Waals surface area (Å²) in [4.78, 5) is 17.3. The molecule has 1 heterocycles. The molecule has 0 unspecified atom stereocenters. The fraction of sp³-hybridized carbons (Fsp3) is 0.529. The van der Waals surface area contributed by atoms with Crippen LogP contribution in [0.25, 0.3) is 0 Å². The van der Waals surface area contributed by atoms with Crippen LogP contribution in [0.1, 0.15) is 32.6 Å². The minimum atomic E-state index is -0.565. The van der Waals surface area contributed by atoms with E-state index in [-0.39, 0.29) is 40.3 Å². The molecule has 128 valence electrons. The molecule has 1 aromatic carbocycles. The number of carbonyl (C=O) groups excluding carboxylic acids is 1. The van der Waals surface area contributed by atoms with E-state index in [0.29, 0.717) is 0 Å². The molecule has 0 aromatic heterocycles. The van der Waals surface area contributed by atoms with E-state index in [0.717, 1.165) is 31.4 Å². The number of carbonyl (C=O) groups is 1. The molecule has 2 bridgehead atoms. The Morgan fingerprint density at radius 1 is 1.50 bits per heavy atom. The molecule has 1 amide bonds. The highest BCUT2D eigenvalue weighted by molar-refractivity contribution is 6.30. The Balaban J connectivity index is 1.26. The molecule has 7 heteroatoms. The molecule has 24 heavy (non-hydrogen) atoms. The van der Waals surface area contributed by atoms with Crippen LogP contribution in [0.5, 0.6) is 5.75 Å². The molecular weight excluding hydrogens is 335 g/mol. The van der Waals surface area contributed by atoms with Gasteiger partial charge in [-0.1, -0.05) is 16.8 Å². The second-order valence-corrected chi connectivity index (χ2v) is 7.57. The molecule has 0 radical (unpaired) electrons. The number of rotatable bonds is 5. The number of benzene rings is 1. The summed E-state index contributed by atoms with van der Waals surface area (Å²) in [6, 6.07) is 4.11. The van der Waals surface area contributed by atoms with Gasteiger partial charge in [0.15, 0.2) is 6.61 Å². The highest BCUT2D eigenvalue weighted by atomic mass is 35.5. The van der Waals surface area contributed by atoms with Gasteiger partial charge in [0.1, 0.15) is 17.7 Å². The van der Waals surface area contributed by atoms with E-state index >= 15 is 0 Å². The summed E-state index contributed by atoms with van der Waals surface area (Å²) in [5.41, 5.74) is 1.15. The SMILES string of the molecule is C[C@@H]1CC(C23CC(NC(=O)COc4ccc(Cl)c(F)c4)(C2)C3)=NO1. The fourth-order valence-electron chi connectivity index (χ4n) is 4.09. The maximum absolute atomic E-state index is 13.3. The van der Waals surface area contributed by atoms with E-state index in [2.05, 4.69) is 10.5 Å². The summed E-state index contributed by atoms with van der Waals surface area (Å²) in [5.74, 6) is -0.478. The molecule has 3 fully saturated rings. The van der Waals surface area contributed by atoms with Crippen molar-refractivity contribution in [2.24, 2.45) is 10.6 Å².